The number of carbonyl (C=O) groups is 3. The molecule has 0 rings (SSSR count). The molecule has 1 atom stereocenters. The number of hydrogen-bond acceptors (Lipinski definition) is 7. The molecule has 0 saturated heterocycles. The summed E-state index contributed by atoms with van der Waals surface area (Å²) in [6.45, 7) is 1.83. The number of carbonyl (C=O) groups excluding carboxylic acids is 3. The van der Waals surface area contributed by atoms with Gasteiger partial charge >= 0.3 is 17.9 Å². The number of hydrogen-bond donors (Lipinski definition) is 2. The molecule has 0 radical (unpaired) electrons. The van der Waals surface area contributed by atoms with Gasteiger partial charge in [0, 0.05) is 6.08 Å². The van der Waals surface area contributed by atoms with E-state index >= 15 is 0 Å². The molecular weight excluding hydrogens is 208 g/mol. The molecule has 0 bridgehead atoms. The Morgan fingerprint density at radius 1 is 1.33 bits per heavy atom. The molecule has 0 saturated carbocycles. The van der Waals surface area contributed by atoms with Crippen LogP contribution in [-0.2, 0) is 23.9 Å². The van der Waals surface area contributed by atoms with Crippen LogP contribution in [0.4, 0.5) is 0 Å². The molecule has 0 fully saturated rings. The van der Waals surface area contributed by atoms with Crippen LogP contribution in [0.2, 0.25) is 0 Å². The van der Waals surface area contributed by atoms with Gasteiger partial charge in [-0.1, -0.05) is 6.58 Å². The van der Waals surface area contributed by atoms with Crippen LogP contribution in [0.1, 0.15) is 0 Å². The highest BCUT2D eigenvalue weighted by molar-refractivity contribution is 6.31. The van der Waals surface area contributed by atoms with Gasteiger partial charge in [0.25, 0.3) is 0 Å². The van der Waals surface area contributed by atoms with Crippen molar-refractivity contribution >= 4 is 17.9 Å². The highest BCUT2D eigenvalue weighted by atomic mass is 16.6. The highest BCUT2D eigenvalue weighted by Crippen LogP contribution is 1.89. The average Bonchev–Trinajstić information content (AvgIpc) is 2.24. The zero-order valence-corrected chi connectivity index (χ0v) is 7.71. The monoisotopic (exact) mass is 218 g/mol. The lowest BCUT2D eigenvalue weighted by molar-refractivity contribution is -0.173. The molecule has 0 aromatic heterocycles. The molecule has 0 aliphatic heterocycles. The first-order valence-electron chi connectivity index (χ1n) is 3.85. The largest absolute Gasteiger partial charge is 0.454 e. The second-order valence-electron chi connectivity index (χ2n) is 2.35. The molecule has 0 aromatic carbocycles. The quantitative estimate of drug-likeness (QED) is 0.246. The van der Waals surface area contributed by atoms with E-state index in [1.165, 1.54) is 0 Å². The van der Waals surface area contributed by atoms with E-state index in [0.29, 0.717) is 6.08 Å². The van der Waals surface area contributed by atoms with Crippen molar-refractivity contribution in [3.63, 3.8) is 0 Å². The van der Waals surface area contributed by atoms with Crippen molar-refractivity contribution in [2.24, 2.45) is 0 Å². The molecule has 7 nitrogen and oxygen atoms in total. The van der Waals surface area contributed by atoms with Gasteiger partial charge in [-0.25, -0.2) is 14.4 Å². The number of aliphatic hydroxyl groups excluding tert-OH is 2. The lowest BCUT2D eigenvalue weighted by Gasteiger charge is -2.06. The summed E-state index contributed by atoms with van der Waals surface area (Å²) in [7, 11) is 0. The minimum Gasteiger partial charge on any atom is -0.454 e. The van der Waals surface area contributed by atoms with E-state index in [-0.39, 0.29) is 0 Å². The van der Waals surface area contributed by atoms with E-state index in [0.717, 1.165) is 0 Å². The van der Waals surface area contributed by atoms with Crippen LogP contribution < -0.4 is 0 Å². The van der Waals surface area contributed by atoms with Crippen molar-refractivity contribution < 1.29 is 34.1 Å². The van der Waals surface area contributed by atoms with Gasteiger partial charge in [-0.2, -0.15) is 0 Å². The van der Waals surface area contributed by atoms with Gasteiger partial charge in [0.05, 0.1) is 6.61 Å². The predicted molar refractivity (Wildman–Crippen MR) is 45.3 cm³/mol. The maximum Gasteiger partial charge on any atom is 0.425 e. The van der Waals surface area contributed by atoms with Gasteiger partial charge in [0.2, 0.25) is 0 Å². The number of rotatable bonds is 4. The standard InChI is InChI=1S/C8H10O7/c1-2-6(11)15-8(13)7(12)14-4-5(10)3-9/h2,5,9-10H,1,3-4H2. The Hall–Kier alpha value is -1.73. The fourth-order valence-electron chi connectivity index (χ4n) is 0.458. The first-order valence-corrected chi connectivity index (χ1v) is 3.85. The summed E-state index contributed by atoms with van der Waals surface area (Å²) in [5, 5.41) is 17.1. The molecule has 0 spiro atoms. The summed E-state index contributed by atoms with van der Waals surface area (Å²) in [6.07, 6.45) is -0.579. The molecule has 84 valence electrons. The third kappa shape index (κ3) is 5.55. The highest BCUT2D eigenvalue weighted by Gasteiger charge is 2.20. The minimum absolute atomic E-state index is 0.563. The van der Waals surface area contributed by atoms with Crippen LogP contribution in [0.3, 0.4) is 0 Å². The van der Waals surface area contributed by atoms with Gasteiger partial charge in [-0.05, 0) is 0 Å². The topological polar surface area (TPSA) is 110 Å². The fourth-order valence-corrected chi connectivity index (χ4v) is 0.458. The molecule has 1 unspecified atom stereocenters. The molecule has 2 N–H and O–H groups in total. The predicted octanol–water partition coefficient (Wildman–Crippen LogP) is -1.86. The van der Waals surface area contributed by atoms with E-state index in [4.69, 9.17) is 10.2 Å². The van der Waals surface area contributed by atoms with Gasteiger partial charge in [0.1, 0.15) is 12.7 Å². The van der Waals surface area contributed by atoms with Crippen LogP contribution in [0.5, 0.6) is 0 Å². The first kappa shape index (κ1) is 13.3. The van der Waals surface area contributed by atoms with Gasteiger partial charge in [0.15, 0.2) is 0 Å². The first-order chi connectivity index (χ1) is 7.01. The van der Waals surface area contributed by atoms with Gasteiger partial charge < -0.3 is 19.7 Å². The minimum atomic E-state index is -1.51. The Labute approximate surface area is 84.9 Å². The molecular formula is C8H10O7. The smallest absolute Gasteiger partial charge is 0.425 e. The van der Waals surface area contributed by atoms with Crippen molar-refractivity contribution in [1.82, 2.24) is 0 Å². The van der Waals surface area contributed by atoms with Crippen molar-refractivity contribution in [1.29, 1.82) is 0 Å². The zero-order chi connectivity index (χ0) is 11.8. The van der Waals surface area contributed by atoms with Crippen molar-refractivity contribution in [3.8, 4) is 0 Å². The van der Waals surface area contributed by atoms with E-state index in [2.05, 4.69) is 16.1 Å². The van der Waals surface area contributed by atoms with Gasteiger partial charge in [-0.15, -0.1) is 0 Å². The summed E-state index contributed by atoms with van der Waals surface area (Å²) in [5.41, 5.74) is 0. The lowest BCUT2D eigenvalue weighted by atomic mass is 10.4. The summed E-state index contributed by atoms with van der Waals surface area (Å²) in [6, 6.07) is 0. The van der Waals surface area contributed by atoms with E-state index in [1.54, 1.807) is 0 Å². The lowest BCUT2D eigenvalue weighted by Crippen LogP contribution is -2.28. The third-order valence-corrected chi connectivity index (χ3v) is 1.14. The molecule has 7 heteroatoms. The van der Waals surface area contributed by atoms with Crippen LogP contribution in [0.25, 0.3) is 0 Å². The average molecular weight is 218 g/mol. The summed E-state index contributed by atoms with van der Waals surface area (Å²) in [5.74, 6) is -4.03. The fraction of sp³-hybridized carbons (Fsp3) is 0.375. The maximum absolute atomic E-state index is 10.7. The second-order valence-corrected chi connectivity index (χ2v) is 2.35. The van der Waals surface area contributed by atoms with Crippen molar-refractivity contribution in [2.75, 3.05) is 13.2 Å². The molecule has 0 amide bonds. The van der Waals surface area contributed by atoms with Crippen LogP contribution in [0.15, 0.2) is 12.7 Å². The Morgan fingerprint density at radius 2 is 1.93 bits per heavy atom. The SMILES string of the molecule is C=CC(=O)OC(=O)C(=O)OCC(O)CO. The zero-order valence-electron chi connectivity index (χ0n) is 7.71. The van der Waals surface area contributed by atoms with E-state index < -0.39 is 37.2 Å². The van der Waals surface area contributed by atoms with Gasteiger partial charge in [-0.3, -0.25) is 0 Å². The Morgan fingerprint density at radius 3 is 2.40 bits per heavy atom. The Balaban J connectivity index is 3.95. The third-order valence-electron chi connectivity index (χ3n) is 1.14. The van der Waals surface area contributed by atoms with E-state index in [9.17, 15) is 14.4 Å². The van der Waals surface area contributed by atoms with Crippen LogP contribution >= 0.6 is 0 Å². The number of esters is 3. The normalized spacial score (nSPS) is 11.3. The summed E-state index contributed by atoms with van der Waals surface area (Å²) < 4.78 is 8.10. The summed E-state index contributed by atoms with van der Waals surface area (Å²) in [4.78, 5) is 31.9. The molecule has 0 aliphatic rings. The van der Waals surface area contributed by atoms with Crippen molar-refractivity contribution in [2.45, 2.75) is 6.10 Å². The van der Waals surface area contributed by atoms with Crippen LogP contribution in [-0.4, -0.2) is 47.4 Å². The second kappa shape index (κ2) is 6.68. The molecule has 0 heterocycles. The number of ether oxygens (including phenoxy) is 2. The maximum atomic E-state index is 10.7. The summed E-state index contributed by atoms with van der Waals surface area (Å²) >= 11 is 0. The van der Waals surface area contributed by atoms with Crippen molar-refractivity contribution in [3.05, 3.63) is 12.7 Å². The Bertz CT molecular complexity index is 270. The number of aliphatic hydroxyl groups is 2. The molecule has 0 aromatic rings. The molecule has 15 heavy (non-hydrogen) atoms. The Kier molecular flexibility index (Phi) is 5.91. The molecule has 0 aliphatic carbocycles. The van der Waals surface area contributed by atoms with Crippen LogP contribution in [0, 0.1) is 0 Å². The van der Waals surface area contributed by atoms with E-state index in [1.807, 2.05) is 0 Å².